The summed E-state index contributed by atoms with van der Waals surface area (Å²) in [6.45, 7) is 8.83. The Balaban J connectivity index is 1.36. The van der Waals surface area contributed by atoms with Crippen molar-refractivity contribution < 1.29 is 14.3 Å². The van der Waals surface area contributed by atoms with Gasteiger partial charge in [0, 0.05) is 31.9 Å². The van der Waals surface area contributed by atoms with E-state index in [4.69, 9.17) is 4.74 Å². The molecule has 0 aromatic carbocycles. The van der Waals surface area contributed by atoms with Crippen LogP contribution in [0.4, 0.5) is 4.79 Å². The van der Waals surface area contributed by atoms with E-state index in [1.54, 1.807) is 22.0 Å². The predicted octanol–water partition coefficient (Wildman–Crippen LogP) is 1.60. The van der Waals surface area contributed by atoms with Gasteiger partial charge in [-0.2, -0.15) is 5.10 Å². The minimum atomic E-state index is -0.235. The lowest BCUT2D eigenvalue weighted by Crippen LogP contribution is -2.44. The molecule has 2 atom stereocenters. The van der Waals surface area contributed by atoms with Gasteiger partial charge in [-0.25, -0.2) is 4.79 Å². The van der Waals surface area contributed by atoms with Gasteiger partial charge in [0.1, 0.15) is 6.10 Å². The topological polar surface area (TPSA) is 70.9 Å². The van der Waals surface area contributed by atoms with Crippen molar-refractivity contribution >= 4 is 12.0 Å². The molecule has 0 N–H and O–H groups in total. The number of amides is 2. The number of carbonyl (C=O) groups is 2. The number of likely N-dealkylation sites (tertiary alicyclic amines) is 2. The molecule has 1 aromatic rings. The van der Waals surface area contributed by atoms with Crippen LogP contribution >= 0.6 is 0 Å². The summed E-state index contributed by atoms with van der Waals surface area (Å²) in [7, 11) is 0. The highest BCUT2D eigenvalue weighted by molar-refractivity contribution is 5.94. The first kappa shape index (κ1) is 18.3. The van der Waals surface area contributed by atoms with E-state index in [-0.39, 0.29) is 30.2 Å². The highest BCUT2D eigenvalue weighted by atomic mass is 16.6. The Morgan fingerprint density at radius 3 is 2.70 bits per heavy atom. The second kappa shape index (κ2) is 7.50. The van der Waals surface area contributed by atoms with Gasteiger partial charge in [0.25, 0.3) is 5.91 Å². The molecule has 4 rings (SSSR count). The van der Waals surface area contributed by atoms with E-state index in [1.165, 1.54) is 19.3 Å². The SMILES string of the molecule is CC(C)n1cc(C(=O)N2C[C@H]3OC(=O)N(CCN4CCCCC4)[C@H]3C2)cn1. The number of hydrogen-bond donors (Lipinski definition) is 0. The molecule has 27 heavy (non-hydrogen) atoms. The van der Waals surface area contributed by atoms with Gasteiger partial charge in [-0.3, -0.25) is 14.4 Å². The highest BCUT2D eigenvalue weighted by Gasteiger charge is 2.48. The number of rotatable bonds is 5. The van der Waals surface area contributed by atoms with Crippen LogP contribution in [0, 0.1) is 0 Å². The number of carbonyl (C=O) groups excluding carboxylic acids is 2. The highest BCUT2D eigenvalue weighted by Crippen LogP contribution is 2.28. The Kier molecular flexibility index (Phi) is 5.08. The second-order valence-corrected chi connectivity index (χ2v) is 8.10. The van der Waals surface area contributed by atoms with E-state index in [1.807, 2.05) is 18.7 Å². The van der Waals surface area contributed by atoms with Crippen molar-refractivity contribution in [3.63, 3.8) is 0 Å². The fraction of sp³-hybridized carbons (Fsp3) is 0.737. The molecule has 0 radical (unpaired) electrons. The first-order valence-corrected chi connectivity index (χ1v) is 10.1. The number of ether oxygens (including phenoxy) is 1. The van der Waals surface area contributed by atoms with E-state index in [2.05, 4.69) is 10.00 Å². The van der Waals surface area contributed by atoms with Crippen molar-refractivity contribution in [3.8, 4) is 0 Å². The Morgan fingerprint density at radius 2 is 2.00 bits per heavy atom. The summed E-state index contributed by atoms with van der Waals surface area (Å²) in [5.74, 6) is -0.0386. The number of hydrogen-bond acceptors (Lipinski definition) is 5. The third kappa shape index (κ3) is 3.67. The van der Waals surface area contributed by atoms with Crippen molar-refractivity contribution in [2.75, 3.05) is 39.3 Å². The monoisotopic (exact) mass is 375 g/mol. The molecular formula is C19H29N5O3. The van der Waals surface area contributed by atoms with Gasteiger partial charge in [-0.1, -0.05) is 6.42 Å². The molecule has 0 aliphatic carbocycles. The van der Waals surface area contributed by atoms with Crippen LogP contribution < -0.4 is 0 Å². The maximum Gasteiger partial charge on any atom is 0.410 e. The quantitative estimate of drug-likeness (QED) is 0.782. The van der Waals surface area contributed by atoms with Gasteiger partial charge in [0.2, 0.25) is 0 Å². The van der Waals surface area contributed by atoms with Gasteiger partial charge in [-0.15, -0.1) is 0 Å². The molecule has 1 aromatic heterocycles. The fourth-order valence-corrected chi connectivity index (χ4v) is 4.27. The van der Waals surface area contributed by atoms with E-state index >= 15 is 0 Å². The molecule has 8 heteroatoms. The number of aromatic nitrogens is 2. The van der Waals surface area contributed by atoms with Crippen LogP contribution in [0.2, 0.25) is 0 Å². The van der Waals surface area contributed by atoms with Gasteiger partial charge in [0.05, 0.1) is 24.3 Å². The lowest BCUT2D eigenvalue weighted by Gasteiger charge is -2.29. The summed E-state index contributed by atoms with van der Waals surface area (Å²) in [5, 5.41) is 4.26. The minimum absolute atomic E-state index is 0.0358. The van der Waals surface area contributed by atoms with Crippen LogP contribution in [0.1, 0.15) is 49.5 Å². The molecule has 3 saturated heterocycles. The van der Waals surface area contributed by atoms with E-state index < -0.39 is 0 Å². The summed E-state index contributed by atoms with van der Waals surface area (Å²) in [6.07, 6.45) is 6.74. The standard InChI is InChI=1S/C19H29N5O3/c1-14(2)24-11-15(10-20-24)18(25)22-12-16-17(13-22)27-19(26)23(16)9-8-21-6-4-3-5-7-21/h10-11,14,16-17H,3-9,12-13H2,1-2H3/t16-,17+/m0/s1. The molecule has 148 valence electrons. The molecule has 0 unspecified atom stereocenters. The van der Waals surface area contributed by atoms with Gasteiger partial charge in [0.15, 0.2) is 0 Å². The first-order valence-electron chi connectivity index (χ1n) is 10.1. The maximum atomic E-state index is 12.8. The van der Waals surface area contributed by atoms with Crippen LogP contribution in [0.15, 0.2) is 12.4 Å². The van der Waals surface area contributed by atoms with E-state index in [0.717, 1.165) is 19.6 Å². The summed E-state index contributed by atoms with van der Waals surface area (Å²) >= 11 is 0. The Labute approximate surface area is 160 Å². The average molecular weight is 375 g/mol. The van der Waals surface area contributed by atoms with Crippen LogP contribution in [0.3, 0.4) is 0 Å². The fourth-order valence-electron chi connectivity index (χ4n) is 4.27. The summed E-state index contributed by atoms with van der Waals surface area (Å²) in [6, 6.07) is 0.183. The van der Waals surface area contributed by atoms with Crippen LogP contribution in [0.25, 0.3) is 0 Å². The Hall–Kier alpha value is -2.09. The van der Waals surface area contributed by atoms with Crippen molar-refractivity contribution in [3.05, 3.63) is 18.0 Å². The number of piperidine rings is 1. The molecule has 0 spiro atoms. The van der Waals surface area contributed by atoms with Crippen LogP contribution in [-0.4, -0.2) is 87.9 Å². The number of fused-ring (bicyclic) bond motifs is 1. The normalized spacial score (nSPS) is 26.0. The van der Waals surface area contributed by atoms with Gasteiger partial charge >= 0.3 is 6.09 Å². The largest absolute Gasteiger partial charge is 0.442 e. The molecular weight excluding hydrogens is 346 g/mol. The molecule has 8 nitrogen and oxygen atoms in total. The van der Waals surface area contributed by atoms with Gasteiger partial charge in [-0.05, 0) is 39.8 Å². The minimum Gasteiger partial charge on any atom is -0.442 e. The molecule has 3 aliphatic rings. The van der Waals surface area contributed by atoms with Gasteiger partial charge < -0.3 is 14.5 Å². The lowest BCUT2D eigenvalue weighted by molar-refractivity contribution is 0.0724. The number of nitrogens with zero attached hydrogens (tertiary/aromatic N) is 5. The summed E-state index contributed by atoms with van der Waals surface area (Å²) < 4.78 is 7.34. The van der Waals surface area contributed by atoms with Crippen LogP contribution in [0.5, 0.6) is 0 Å². The third-order valence-electron chi connectivity index (χ3n) is 5.89. The smallest absolute Gasteiger partial charge is 0.410 e. The van der Waals surface area contributed by atoms with Crippen LogP contribution in [-0.2, 0) is 4.74 Å². The van der Waals surface area contributed by atoms with Crippen molar-refractivity contribution in [2.24, 2.45) is 0 Å². The van der Waals surface area contributed by atoms with E-state index in [9.17, 15) is 9.59 Å². The zero-order chi connectivity index (χ0) is 19.0. The molecule has 3 fully saturated rings. The van der Waals surface area contributed by atoms with E-state index in [0.29, 0.717) is 25.2 Å². The predicted molar refractivity (Wildman–Crippen MR) is 99.6 cm³/mol. The summed E-state index contributed by atoms with van der Waals surface area (Å²) in [4.78, 5) is 31.1. The lowest BCUT2D eigenvalue weighted by atomic mass is 10.1. The molecule has 4 heterocycles. The maximum absolute atomic E-state index is 12.8. The molecule has 0 saturated carbocycles. The summed E-state index contributed by atoms with van der Waals surface area (Å²) in [5.41, 5.74) is 0.592. The Morgan fingerprint density at radius 1 is 1.22 bits per heavy atom. The first-order chi connectivity index (χ1) is 13.0. The second-order valence-electron chi connectivity index (χ2n) is 8.10. The zero-order valence-corrected chi connectivity index (χ0v) is 16.2. The average Bonchev–Trinajstić information content (AvgIpc) is 3.35. The zero-order valence-electron chi connectivity index (χ0n) is 16.2. The third-order valence-corrected chi connectivity index (χ3v) is 5.89. The molecule has 3 aliphatic heterocycles. The Bertz CT molecular complexity index is 697. The molecule has 2 amide bonds. The van der Waals surface area contributed by atoms with Crippen molar-refractivity contribution in [2.45, 2.75) is 51.3 Å². The van der Waals surface area contributed by atoms with Crippen molar-refractivity contribution in [1.82, 2.24) is 24.5 Å². The van der Waals surface area contributed by atoms with Crippen molar-refractivity contribution in [1.29, 1.82) is 0 Å². The molecule has 0 bridgehead atoms.